The Balaban J connectivity index is 1.87. The molecule has 0 bridgehead atoms. The number of carbonyl (C=O) groups excluding carboxylic acids is 1. The van der Waals surface area contributed by atoms with Crippen molar-refractivity contribution in [1.82, 2.24) is 0 Å². The number of carbonyl (C=O) groups is 1. The third-order valence-electron chi connectivity index (χ3n) is 5.40. The molecule has 0 radical (unpaired) electrons. The number of para-hydroxylation sites is 1. The number of alkyl halides is 3. The lowest BCUT2D eigenvalue weighted by Crippen LogP contribution is -2.32. The molecule has 6 heteroatoms. The first-order valence-electron chi connectivity index (χ1n) is 8.72. The summed E-state index contributed by atoms with van der Waals surface area (Å²) in [6.07, 6.45) is 0.257. The van der Waals surface area contributed by atoms with Crippen molar-refractivity contribution in [2.24, 2.45) is 5.92 Å². The Kier molecular flexibility index (Phi) is 4.21. The standard InChI is InChI=1S/C21H18F3NO2/c1-27-20(26)16-10-5-9-14-12-7-4-8-13(12)18(25-19(14)16)15-6-2-3-11-17(15)21(22,23)24/h2-7,9-13,18,25H,8H2,1H3/t12-,13+,18-/m0/s1. The first-order valence-corrected chi connectivity index (χ1v) is 8.72. The van der Waals surface area contributed by atoms with Gasteiger partial charge in [0, 0.05) is 5.92 Å². The number of rotatable bonds is 2. The van der Waals surface area contributed by atoms with Gasteiger partial charge in [0.1, 0.15) is 0 Å². The first kappa shape index (κ1) is 17.6. The zero-order valence-electron chi connectivity index (χ0n) is 14.6. The number of hydrogen-bond acceptors (Lipinski definition) is 3. The molecule has 0 saturated heterocycles. The van der Waals surface area contributed by atoms with Crippen LogP contribution in [0.4, 0.5) is 18.9 Å². The van der Waals surface area contributed by atoms with Gasteiger partial charge in [-0.1, -0.05) is 42.5 Å². The van der Waals surface area contributed by atoms with Crippen molar-refractivity contribution < 1.29 is 22.7 Å². The number of esters is 1. The van der Waals surface area contributed by atoms with Gasteiger partial charge in [0.15, 0.2) is 0 Å². The fourth-order valence-electron chi connectivity index (χ4n) is 4.24. The first-order chi connectivity index (χ1) is 12.9. The number of allylic oxidation sites excluding steroid dienone is 2. The van der Waals surface area contributed by atoms with Crippen molar-refractivity contribution >= 4 is 11.7 Å². The zero-order valence-corrected chi connectivity index (χ0v) is 14.6. The van der Waals surface area contributed by atoms with Crippen LogP contribution in [0, 0.1) is 5.92 Å². The molecular weight excluding hydrogens is 355 g/mol. The van der Waals surface area contributed by atoms with Crippen LogP contribution >= 0.6 is 0 Å². The molecule has 1 heterocycles. The maximum atomic E-state index is 13.6. The number of nitrogens with one attached hydrogen (secondary N) is 1. The lowest BCUT2D eigenvalue weighted by Gasteiger charge is -2.39. The average molecular weight is 373 g/mol. The SMILES string of the molecule is COC(=O)c1cccc2c1N[C@H](c1ccccc1C(F)(F)F)[C@@H]1CC=C[C@H]21. The predicted octanol–water partition coefficient (Wildman–Crippen LogP) is 5.32. The van der Waals surface area contributed by atoms with Gasteiger partial charge >= 0.3 is 12.1 Å². The van der Waals surface area contributed by atoms with Gasteiger partial charge in [0.05, 0.1) is 30.0 Å². The molecule has 140 valence electrons. The van der Waals surface area contributed by atoms with Gasteiger partial charge in [-0.05, 0) is 35.6 Å². The molecule has 3 nitrogen and oxygen atoms in total. The highest BCUT2D eigenvalue weighted by atomic mass is 19.4. The summed E-state index contributed by atoms with van der Waals surface area (Å²) in [6, 6.07) is 10.4. The zero-order chi connectivity index (χ0) is 19.2. The van der Waals surface area contributed by atoms with Crippen LogP contribution in [-0.2, 0) is 10.9 Å². The van der Waals surface area contributed by atoms with Crippen molar-refractivity contribution in [3.63, 3.8) is 0 Å². The molecule has 2 aromatic rings. The van der Waals surface area contributed by atoms with E-state index in [1.165, 1.54) is 19.2 Å². The van der Waals surface area contributed by atoms with Crippen LogP contribution in [0.3, 0.4) is 0 Å². The molecule has 2 aliphatic rings. The van der Waals surface area contributed by atoms with E-state index in [1.807, 2.05) is 18.2 Å². The highest BCUT2D eigenvalue weighted by Gasteiger charge is 2.43. The van der Waals surface area contributed by atoms with E-state index in [1.54, 1.807) is 18.2 Å². The summed E-state index contributed by atoms with van der Waals surface area (Å²) in [4.78, 5) is 12.2. The number of benzene rings is 2. The van der Waals surface area contributed by atoms with Gasteiger partial charge in [-0.25, -0.2) is 4.79 Å². The molecule has 2 aromatic carbocycles. The van der Waals surface area contributed by atoms with E-state index >= 15 is 0 Å². The molecule has 1 aliphatic heterocycles. The fraction of sp³-hybridized carbons (Fsp3) is 0.286. The van der Waals surface area contributed by atoms with Crippen LogP contribution in [0.5, 0.6) is 0 Å². The normalized spacial score (nSPS) is 23.3. The quantitative estimate of drug-likeness (QED) is 0.572. The molecular formula is C21H18F3NO2. The van der Waals surface area contributed by atoms with Gasteiger partial charge in [-0.15, -0.1) is 0 Å². The van der Waals surface area contributed by atoms with Crippen LogP contribution in [0.2, 0.25) is 0 Å². The summed E-state index contributed by atoms with van der Waals surface area (Å²) in [5, 5.41) is 3.24. The molecule has 0 unspecified atom stereocenters. The maximum absolute atomic E-state index is 13.6. The summed E-state index contributed by atoms with van der Waals surface area (Å²) in [7, 11) is 1.29. The molecule has 1 N–H and O–H groups in total. The largest absolute Gasteiger partial charge is 0.465 e. The number of anilines is 1. The Morgan fingerprint density at radius 1 is 1.11 bits per heavy atom. The fourth-order valence-corrected chi connectivity index (χ4v) is 4.24. The number of hydrogen-bond donors (Lipinski definition) is 1. The molecule has 3 atom stereocenters. The molecule has 0 amide bonds. The van der Waals surface area contributed by atoms with Crippen molar-refractivity contribution in [3.05, 3.63) is 76.9 Å². The Morgan fingerprint density at radius 3 is 2.59 bits per heavy atom. The number of ether oxygens (including phenoxy) is 1. The molecule has 0 saturated carbocycles. The van der Waals surface area contributed by atoms with Crippen LogP contribution in [0.1, 0.15) is 45.4 Å². The Morgan fingerprint density at radius 2 is 1.85 bits per heavy atom. The molecule has 0 fully saturated rings. The van der Waals surface area contributed by atoms with Gasteiger partial charge in [0.25, 0.3) is 0 Å². The van der Waals surface area contributed by atoms with Crippen molar-refractivity contribution in [2.45, 2.75) is 24.6 Å². The molecule has 27 heavy (non-hydrogen) atoms. The third-order valence-corrected chi connectivity index (χ3v) is 5.40. The number of halogens is 3. The second-order valence-electron chi connectivity index (χ2n) is 6.82. The van der Waals surface area contributed by atoms with E-state index < -0.39 is 23.8 Å². The second-order valence-corrected chi connectivity index (χ2v) is 6.82. The Bertz CT molecular complexity index is 920. The third kappa shape index (κ3) is 2.89. The highest BCUT2D eigenvalue weighted by Crippen LogP contribution is 2.52. The summed E-state index contributed by atoms with van der Waals surface area (Å²) in [5.74, 6) is -0.603. The molecule has 4 rings (SSSR count). The van der Waals surface area contributed by atoms with E-state index in [4.69, 9.17) is 4.74 Å². The number of fused-ring (bicyclic) bond motifs is 3. The minimum absolute atomic E-state index is 0.0443. The predicted molar refractivity (Wildman–Crippen MR) is 95.6 cm³/mol. The number of methoxy groups -OCH3 is 1. The second kappa shape index (κ2) is 6.44. The van der Waals surface area contributed by atoms with E-state index in [2.05, 4.69) is 5.32 Å². The molecule has 1 aliphatic carbocycles. The van der Waals surface area contributed by atoms with Gasteiger partial charge < -0.3 is 10.1 Å². The van der Waals surface area contributed by atoms with Gasteiger partial charge in [0.2, 0.25) is 0 Å². The summed E-state index contributed by atoms with van der Waals surface area (Å²) in [5.41, 5.74) is 1.36. The maximum Gasteiger partial charge on any atom is 0.416 e. The van der Waals surface area contributed by atoms with Crippen LogP contribution < -0.4 is 5.32 Å². The molecule has 0 spiro atoms. The highest BCUT2D eigenvalue weighted by molar-refractivity contribution is 5.97. The Labute approximate surface area is 154 Å². The van der Waals surface area contributed by atoms with Gasteiger partial charge in [-0.2, -0.15) is 13.2 Å². The average Bonchev–Trinajstić information content (AvgIpc) is 3.15. The summed E-state index contributed by atoms with van der Waals surface area (Å²) < 4.78 is 45.6. The lowest BCUT2D eigenvalue weighted by molar-refractivity contribution is -0.138. The minimum atomic E-state index is -4.44. The van der Waals surface area contributed by atoms with E-state index in [0.29, 0.717) is 17.7 Å². The van der Waals surface area contributed by atoms with Crippen molar-refractivity contribution in [3.8, 4) is 0 Å². The van der Waals surface area contributed by atoms with E-state index in [9.17, 15) is 18.0 Å². The van der Waals surface area contributed by atoms with Crippen molar-refractivity contribution in [2.75, 3.05) is 12.4 Å². The lowest BCUT2D eigenvalue weighted by atomic mass is 9.75. The topological polar surface area (TPSA) is 38.3 Å². The van der Waals surface area contributed by atoms with E-state index in [-0.39, 0.29) is 17.4 Å². The van der Waals surface area contributed by atoms with E-state index in [0.717, 1.165) is 11.6 Å². The minimum Gasteiger partial charge on any atom is -0.465 e. The smallest absolute Gasteiger partial charge is 0.416 e. The van der Waals surface area contributed by atoms with Crippen LogP contribution in [0.25, 0.3) is 0 Å². The molecule has 0 aromatic heterocycles. The Hall–Kier alpha value is -2.76. The van der Waals surface area contributed by atoms with Gasteiger partial charge in [-0.3, -0.25) is 0 Å². The van der Waals surface area contributed by atoms with Crippen LogP contribution in [0.15, 0.2) is 54.6 Å². The monoisotopic (exact) mass is 373 g/mol. The summed E-state index contributed by atoms with van der Waals surface area (Å²) >= 11 is 0. The summed E-state index contributed by atoms with van der Waals surface area (Å²) in [6.45, 7) is 0. The van der Waals surface area contributed by atoms with Crippen molar-refractivity contribution in [1.29, 1.82) is 0 Å². The van der Waals surface area contributed by atoms with Crippen LogP contribution in [-0.4, -0.2) is 13.1 Å².